The van der Waals surface area contributed by atoms with Gasteiger partial charge >= 0.3 is 6.18 Å². The van der Waals surface area contributed by atoms with E-state index in [2.05, 4.69) is 9.88 Å². The third kappa shape index (κ3) is 5.83. The number of nitrogens with two attached hydrogens (primary N) is 1. The van der Waals surface area contributed by atoms with Crippen LogP contribution in [-0.4, -0.2) is 38.8 Å². The number of alkyl halides is 3. The summed E-state index contributed by atoms with van der Waals surface area (Å²) >= 11 is 4.63. The molecule has 1 saturated heterocycles. The zero-order valence-electron chi connectivity index (χ0n) is 18.7. The second kappa shape index (κ2) is 10.8. The summed E-state index contributed by atoms with van der Waals surface area (Å²) in [6.45, 7) is 1.48. The molecule has 192 valence electrons. The van der Waals surface area contributed by atoms with E-state index in [4.69, 9.17) is 17.3 Å². The summed E-state index contributed by atoms with van der Waals surface area (Å²) < 4.78 is 57.1. The van der Waals surface area contributed by atoms with Crippen LogP contribution in [0.25, 0.3) is 0 Å². The predicted octanol–water partition coefficient (Wildman–Crippen LogP) is 4.88. The molecule has 0 radical (unpaired) electrons. The quantitative estimate of drug-likeness (QED) is 0.460. The Morgan fingerprint density at radius 2 is 1.89 bits per heavy atom. The molecule has 0 saturated carbocycles. The fourth-order valence-corrected chi connectivity index (χ4v) is 5.41. The van der Waals surface area contributed by atoms with E-state index in [0.29, 0.717) is 6.54 Å². The van der Waals surface area contributed by atoms with E-state index in [-0.39, 0.29) is 22.0 Å². The van der Waals surface area contributed by atoms with E-state index in [9.17, 15) is 26.7 Å². The molecular formula is C23H21ClF3N4O3S2-. The number of carbonyl (C=O) groups excluding carboxylic acids is 1. The largest absolute Gasteiger partial charge is 0.768 e. The number of benzene rings is 2. The van der Waals surface area contributed by atoms with E-state index in [0.717, 1.165) is 58.9 Å². The lowest BCUT2D eigenvalue weighted by Crippen LogP contribution is -2.44. The van der Waals surface area contributed by atoms with E-state index in [1.807, 2.05) is 18.2 Å². The molecule has 3 aromatic rings. The van der Waals surface area contributed by atoms with Crippen LogP contribution in [-0.2, 0) is 28.5 Å². The van der Waals surface area contributed by atoms with Gasteiger partial charge in [0.1, 0.15) is 6.04 Å². The fraction of sp³-hybridized carbons (Fsp3) is 0.304. The van der Waals surface area contributed by atoms with Gasteiger partial charge in [-0.15, -0.1) is 11.3 Å². The van der Waals surface area contributed by atoms with Crippen LogP contribution in [0.2, 0.25) is 5.02 Å². The van der Waals surface area contributed by atoms with Gasteiger partial charge in [0.25, 0.3) is 0 Å². The molecule has 7 nitrogen and oxygen atoms in total. The Labute approximate surface area is 217 Å². The minimum atomic E-state index is -4.37. The Hall–Kier alpha value is -2.67. The number of fused-ring (bicyclic) bond motifs is 1. The van der Waals surface area contributed by atoms with Crippen molar-refractivity contribution in [2.45, 2.75) is 36.4 Å². The smallest absolute Gasteiger partial charge is 0.434 e. The molecule has 2 aliphatic rings. The second-order valence-electron chi connectivity index (χ2n) is 8.16. The molecule has 1 fully saturated rings. The van der Waals surface area contributed by atoms with Gasteiger partial charge < -0.3 is 20.1 Å². The number of nitrogens with zero attached hydrogens (tertiary/aromatic N) is 3. The highest BCUT2D eigenvalue weighted by Crippen LogP contribution is 2.35. The summed E-state index contributed by atoms with van der Waals surface area (Å²) in [5.74, 6) is 0.0591. The van der Waals surface area contributed by atoms with Gasteiger partial charge in [0.15, 0.2) is 10.8 Å². The first-order valence-corrected chi connectivity index (χ1v) is 13.2. The highest BCUT2D eigenvalue weighted by molar-refractivity contribution is 7.79. The van der Waals surface area contributed by atoms with Crippen molar-refractivity contribution in [2.75, 3.05) is 28.6 Å². The van der Waals surface area contributed by atoms with Gasteiger partial charge in [-0.3, -0.25) is 9.00 Å². The summed E-state index contributed by atoms with van der Waals surface area (Å²) in [6.07, 6.45) is -1.64. The summed E-state index contributed by atoms with van der Waals surface area (Å²) in [7, 11) is 0. The first-order valence-electron chi connectivity index (χ1n) is 10.9. The zero-order chi connectivity index (χ0) is 26.0. The van der Waals surface area contributed by atoms with Crippen LogP contribution in [0, 0.1) is 0 Å². The topological polar surface area (TPSA) is 103 Å². The van der Waals surface area contributed by atoms with Crippen molar-refractivity contribution in [3.63, 3.8) is 0 Å². The molecule has 5 rings (SSSR count). The molecular weight excluding hydrogens is 537 g/mol. The molecule has 2 aliphatic heterocycles. The molecule has 2 N–H and O–H groups in total. The number of halogens is 4. The van der Waals surface area contributed by atoms with Crippen molar-refractivity contribution in [1.29, 1.82) is 0 Å². The van der Waals surface area contributed by atoms with Gasteiger partial charge in [0.2, 0.25) is 5.91 Å². The Morgan fingerprint density at radius 3 is 2.47 bits per heavy atom. The SMILES string of the molecule is Nc1nc(C(F)(F)F)cs1.O=C1[C@@H](N2CCCc3cc(Cl)ccc32)CCN1c1ccc(S(=O)[O-])cc1. The van der Waals surface area contributed by atoms with Gasteiger partial charge in [0.05, 0.1) is 0 Å². The van der Waals surface area contributed by atoms with E-state index >= 15 is 0 Å². The molecule has 1 aromatic heterocycles. The summed E-state index contributed by atoms with van der Waals surface area (Å²) in [6, 6.07) is 12.1. The van der Waals surface area contributed by atoms with Crippen LogP contribution >= 0.6 is 22.9 Å². The number of carbonyl (C=O) groups is 1. The summed E-state index contributed by atoms with van der Waals surface area (Å²) in [5, 5.41) is 1.54. The molecule has 2 atom stereocenters. The Kier molecular flexibility index (Phi) is 7.88. The number of rotatable bonds is 3. The number of anilines is 3. The van der Waals surface area contributed by atoms with E-state index in [1.54, 1.807) is 17.0 Å². The van der Waals surface area contributed by atoms with Crippen LogP contribution in [0.1, 0.15) is 24.1 Å². The van der Waals surface area contributed by atoms with Crippen LogP contribution in [0.3, 0.4) is 0 Å². The maximum atomic E-state index is 13.0. The third-order valence-corrected chi connectivity index (χ3v) is 7.47. The number of aromatic nitrogens is 1. The second-order valence-corrected chi connectivity index (χ2v) is 10.4. The van der Waals surface area contributed by atoms with E-state index < -0.39 is 23.0 Å². The number of thiazole rings is 1. The lowest BCUT2D eigenvalue weighted by atomic mass is 9.99. The van der Waals surface area contributed by atoms with Crippen LogP contribution in [0.5, 0.6) is 0 Å². The summed E-state index contributed by atoms with van der Waals surface area (Å²) in [5.41, 5.74) is 7.08. The molecule has 36 heavy (non-hydrogen) atoms. The maximum Gasteiger partial charge on any atom is 0.434 e. The molecule has 13 heteroatoms. The van der Waals surface area contributed by atoms with Crippen molar-refractivity contribution < 1.29 is 26.7 Å². The van der Waals surface area contributed by atoms with Crippen molar-refractivity contribution in [1.82, 2.24) is 4.98 Å². The average Bonchev–Trinajstić information content (AvgIpc) is 3.44. The monoisotopic (exact) mass is 557 g/mol. The fourth-order valence-electron chi connectivity index (χ4n) is 4.28. The van der Waals surface area contributed by atoms with Crippen LogP contribution in [0.15, 0.2) is 52.7 Å². The van der Waals surface area contributed by atoms with Gasteiger partial charge in [0, 0.05) is 39.8 Å². The normalized spacial score (nSPS) is 18.5. The van der Waals surface area contributed by atoms with Crippen LogP contribution < -0.4 is 15.5 Å². The number of aryl methyl sites for hydroxylation is 1. The molecule has 0 aliphatic carbocycles. The lowest BCUT2D eigenvalue weighted by molar-refractivity contribution is -0.140. The number of amides is 1. The molecule has 1 unspecified atom stereocenters. The van der Waals surface area contributed by atoms with E-state index in [1.165, 1.54) is 17.7 Å². The van der Waals surface area contributed by atoms with Crippen molar-refractivity contribution in [2.24, 2.45) is 0 Å². The minimum Gasteiger partial charge on any atom is -0.768 e. The van der Waals surface area contributed by atoms with Gasteiger partial charge in [-0.25, -0.2) is 4.98 Å². The first-order chi connectivity index (χ1) is 17.0. The third-order valence-electron chi connectivity index (χ3n) is 5.90. The minimum absolute atomic E-state index is 0.0591. The van der Waals surface area contributed by atoms with Crippen molar-refractivity contribution in [3.05, 3.63) is 64.1 Å². The first kappa shape index (κ1) is 26.4. The standard InChI is InChI=1S/C19H19ClN2O3S.C4H3F3N2S/c20-14-3-8-17-13(12-14)2-1-10-22(17)18-9-11-21(19(18)23)15-4-6-16(7-5-15)26(24)25;5-4(6,7)2-1-10-3(8)9-2/h3-8,12,18H,1-2,9-11H2,(H,24,25);1H,(H2,8,9)/p-1/t18-;/m0./s1. The maximum absolute atomic E-state index is 13.0. The highest BCUT2D eigenvalue weighted by atomic mass is 35.5. The number of nitrogen functional groups attached to an aromatic ring is 1. The average molecular weight is 558 g/mol. The molecule has 0 bridgehead atoms. The molecule has 1 amide bonds. The number of hydrogen-bond acceptors (Lipinski definition) is 7. The van der Waals surface area contributed by atoms with Gasteiger partial charge in [-0.1, -0.05) is 11.6 Å². The zero-order valence-corrected chi connectivity index (χ0v) is 21.1. The lowest BCUT2D eigenvalue weighted by Gasteiger charge is -2.35. The number of hydrogen-bond donors (Lipinski definition) is 1. The Balaban J connectivity index is 0.000000256. The highest BCUT2D eigenvalue weighted by Gasteiger charge is 2.38. The van der Waals surface area contributed by atoms with Crippen LogP contribution in [0.4, 0.5) is 29.7 Å². The van der Waals surface area contributed by atoms with Crippen molar-refractivity contribution >= 4 is 56.4 Å². The molecule has 2 aromatic carbocycles. The summed E-state index contributed by atoms with van der Waals surface area (Å²) in [4.78, 5) is 20.2. The molecule has 0 spiro atoms. The van der Waals surface area contributed by atoms with Gasteiger partial charge in [-0.05, 0) is 78.4 Å². The van der Waals surface area contributed by atoms with Gasteiger partial charge in [-0.2, -0.15) is 13.2 Å². The van der Waals surface area contributed by atoms with Crippen molar-refractivity contribution in [3.8, 4) is 0 Å². The Bertz CT molecular complexity index is 1270. The predicted molar refractivity (Wildman–Crippen MR) is 133 cm³/mol. The molecule has 3 heterocycles. The Morgan fingerprint density at radius 1 is 1.17 bits per heavy atom.